The molecule has 19 heteroatoms. The second-order valence-electron chi connectivity index (χ2n) is 6.08. The molecule has 0 aromatic heterocycles. The molecule has 0 aromatic rings. The molecule has 0 spiro atoms. The van der Waals surface area contributed by atoms with Gasteiger partial charge in [-0.25, -0.2) is 4.79 Å². The molecule has 0 fully saturated rings. The molecule has 0 rings (SSSR count). The first kappa shape index (κ1) is 30.6. The van der Waals surface area contributed by atoms with Crippen molar-refractivity contribution in [2.24, 2.45) is 0 Å². The van der Waals surface area contributed by atoms with Crippen molar-refractivity contribution in [2.75, 3.05) is 7.05 Å². The number of alkyl halides is 15. The minimum Gasteiger partial charge on any atom is -0.333 e. The fraction of sp³-hybridized carbons (Fsp3) is 0.714. The number of carbonyl (C=O) groups is 2. The molecular formula is C14H10F15NO3. The Bertz CT molecular complexity index is 787. The first-order valence-corrected chi connectivity index (χ1v) is 7.71. The quantitative estimate of drug-likeness (QED) is 0.248. The van der Waals surface area contributed by atoms with Gasteiger partial charge >= 0.3 is 53.6 Å². The highest BCUT2D eigenvalue weighted by atomic mass is 19.4. The van der Waals surface area contributed by atoms with Gasteiger partial charge in [0.05, 0.1) is 0 Å². The van der Waals surface area contributed by atoms with Gasteiger partial charge in [0.2, 0.25) is 0 Å². The summed E-state index contributed by atoms with van der Waals surface area (Å²) in [4.78, 5) is 26.3. The summed E-state index contributed by atoms with van der Waals surface area (Å²) in [6.45, 7) is 4.10. The van der Waals surface area contributed by atoms with Gasteiger partial charge in [-0.05, 0) is 6.42 Å². The summed E-state index contributed by atoms with van der Waals surface area (Å²) in [6, 6.07) is 0. The number of hydrogen-bond acceptors (Lipinski definition) is 3. The van der Waals surface area contributed by atoms with Gasteiger partial charge in [-0.1, -0.05) is 13.5 Å². The lowest BCUT2D eigenvalue weighted by Gasteiger charge is -2.41. The van der Waals surface area contributed by atoms with E-state index >= 15 is 0 Å². The molecular weight excluding hydrogens is 515 g/mol. The normalized spacial score (nSPS) is 14.7. The van der Waals surface area contributed by atoms with Crippen LogP contribution in [-0.4, -0.2) is 65.7 Å². The summed E-state index contributed by atoms with van der Waals surface area (Å²) in [5.74, 6) is -54.4. The Morgan fingerprint density at radius 3 is 1.36 bits per heavy atom. The number of nitrogens with zero attached hydrogens (tertiary/aromatic N) is 1. The molecule has 0 aromatic carbocycles. The highest BCUT2D eigenvalue weighted by Crippen LogP contribution is 2.62. The summed E-state index contributed by atoms with van der Waals surface area (Å²) in [5.41, 5.74) is -0.643. The number of hydrogen-bond donors (Lipinski definition) is 0. The summed E-state index contributed by atoms with van der Waals surface area (Å²) in [6.07, 6.45) is -8.06. The standard InChI is InChI=1S/C14H10F15NO3/c1-4-5(2)6(31)33-30(3)7(32)8(15,16)9(17,18)10(19,20)11(21,22)12(23,24)13(25,26)14(27,28)29/h2,4H2,1,3H3. The first-order valence-electron chi connectivity index (χ1n) is 7.71. The van der Waals surface area contributed by atoms with Crippen molar-refractivity contribution in [2.45, 2.75) is 55.1 Å². The Labute approximate surface area is 172 Å². The van der Waals surface area contributed by atoms with E-state index in [1.54, 1.807) is 0 Å². The number of hydroxylamine groups is 2. The Kier molecular flexibility index (Phi) is 7.84. The van der Waals surface area contributed by atoms with Crippen molar-refractivity contribution in [1.29, 1.82) is 0 Å². The van der Waals surface area contributed by atoms with Gasteiger partial charge in [0.25, 0.3) is 0 Å². The van der Waals surface area contributed by atoms with E-state index < -0.39 is 64.2 Å². The molecule has 0 radical (unpaired) electrons. The highest BCUT2D eigenvalue weighted by molar-refractivity contribution is 5.90. The summed E-state index contributed by atoms with van der Waals surface area (Å²) in [7, 11) is -0.143. The fourth-order valence-electron chi connectivity index (χ4n) is 1.67. The van der Waals surface area contributed by atoms with Gasteiger partial charge in [-0.15, -0.1) is 0 Å². The maximum Gasteiger partial charge on any atom is 0.460 e. The van der Waals surface area contributed by atoms with E-state index in [4.69, 9.17) is 0 Å². The lowest BCUT2D eigenvalue weighted by atomic mass is 9.91. The van der Waals surface area contributed by atoms with Crippen LogP contribution in [0.5, 0.6) is 0 Å². The number of amides is 1. The van der Waals surface area contributed by atoms with E-state index in [1.165, 1.54) is 6.92 Å². The molecule has 0 saturated carbocycles. The third-order valence-electron chi connectivity index (χ3n) is 3.82. The maximum atomic E-state index is 13.7. The largest absolute Gasteiger partial charge is 0.460 e. The summed E-state index contributed by atoms with van der Waals surface area (Å²) in [5, 5.41) is -1.23. The average Bonchev–Trinajstić information content (AvgIpc) is 2.64. The van der Waals surface area contributed by atoms with Crippen LogP contribution in [0, 0.1) is 0 Å². The molecule has 0 heterocycles. The molecule has 0 bridgehead atoms. The highest BCUT2D eigenvalue weighted by Gasteiger charge is 2.94. The van der Waals surface area contributed by atoms with Gasteiger partial charge in [-0.3, -0.25) is 4.79 Å². The molecule has 1 amide bonds. The molecule has 0 aliphatic carbocycles. The van der Waals surface area contributed by atoms with Crippen LogP contribution in [0.25, 0.3) is 0 Å². The van der Waals surface area contributed by atoms with Crippen molar-refractivity contribution in [3.05, 3.63) is 12.2 Å². The second kappa shape index (κ2) is 8.44. The predicted octanol–water partition coefficient (Wildman–Crippen LogP) is 5.24. The van der Waals surface area contributed by atoms with Crippen LogP contribution in [0.2, 0.25) is 0 Å². The van der Waals surface area contributed by atoms with Crippen LogP contribution in [0.15, 0.2) is 12.2 Å². The average molecular weight is 525 g/mol. The topological polar surface area (TPSA) is 46.6 Å². The van der Waals surface area contributed by atoms with Crippen LogP contribution in [0.1, 0.15) is 13.3 Å². The molecule has 194 valence electrons. The molecule has 0 N–H and O–H groups in total. The Morgan fingerprint density at radius 2 is 1.03 bits per heavy atom. The molecule has 0 aliphatic heterocycles. The van der Waals surface area contributed by atoms with Crippen molar-refractivity contribution in [3.8, 4) is 0 Å². The molecule has 0 aliphatic rings. The molecule has 0 saturated heterocycles. The Balaban J connectivity index is 6.45. The Morgan fingerprint density at radius 1 is 0.697 bits per heavy atom. The van der Waals surface area contributed by atoms with Crippen molar-refractivity contribution >= 4 is 11.9 Å². The fourth-order valence-corrected chi connectivity index (χ4v) is 1.67. The monoisotopic (exact) mass is 525 g/mol. The van der Waals surface area contributed by atoms with Gasteiger partial charge in [-0.2, -0.15) is 70.9 Å². The van der Waals surface area contributed by atoms with E-state index in [1.807, 2.05) is 0 Å². The maximum absolute atomic E-state index is 13.7. The lowest BCUT2D eigenvalue weighted by Crippen LogP contribution is -2.74. The van der Waals surface area contributed by atoms with Crippen LogP contribution in [-0.2, 0) is 14.4 Å². The zero-order valence-corrected chi connectivity index (χ0v) is 15.8. The van der Waals surface area contributed by atoms with Crippen LogP contribution in [0.3, 0.4) is 0 Å². The van der Waals surface area contributed by atoms with Crippen LogP contribution in [0.4, 0.5) is 65.9 Å². The molecule has 0 atom stereocenters. The number of halogens is 15. The van der Waals surface area contributed by atoms with E-state index in [0.29, 0.717) is 0 Å². The van der Waals surface area contributed by atoms with E-state index in [2.05, 4.69) is 11.4 Å². The Hall–Kier alpha value is -2.37. The minimum atomic E-state index is -8.53. The number of rotatable bonds is 8. The van der Waals surface area contributed by atoms with E-state index in [9.17, 15) is 75.4 Å². The minimum absolute atomic E-state index is 0.143. The lowest BCUT2D eigenvalue weighted by molar-refractivity contribution is -0.450. The van der Waals surface area contributed by atoms with Gasteiger partial charge in [0.1, 0.15) is 0 Å². The second-order valence-corrected chi connectivity index (χ2v) is 6.08. The van der Waals surface area contributed by atoms with E-state index in [-0.39, 0.29) is 13.5 Å². The van der Waals surface area contributed by atoms with E-state index in [0.717, 1.165) is 0 Å². The zero-order chi connectivity index (χ0) is 27.2. The third-order valence-corrected chi connectivity index (χ3v) is 3.82. The molecule has 0 unspecified atom stereocenters. The first-order chi connectivity index (χ1) is 14.2. The van der Waals surface area contributed by atoms with Gasteiger partial charge in [0.15, 0.2) is 0 Å². The molecule has 4 nitrogen and oxygen atoms in total. The molecule has 33 heavy (non-hydrogen) atoms. The van der Waals surface area contributed by atoms with Crippen molar-refractivity contribution in [3.63, 3.8) is 0 Å². The van der Waals surface area contributed by atoms with Crippen molar-refractivity contribution < 1.29 is 80.3 Å². The van der Waals surface area contributed by atoms with Crippen LogP contribution >= 0.6 is 0 Å². The number of carbonyl (C=O) groups excluding carboxylic acids is 2. The smallest absolute Gasteiger partial charge is 0.333 e. The zero-order valence-electron chi connectivity index (χ0n) is 15.8. The third kappa shape index (κ3) is 4.41. The van der Waals surface area contributed by atoms with Gasteiger partial charge in [0, 0.05) is 12.6 Å². The predicted molar refractivity (Wildman–Crippen MR) is 74.0 cm³/mol. The summed E-state index contributed by atoms with van der Waals surface area (Å²) < 4.78 is 196. The van der Waals surface area contributed by atoms with Gasteiger partial charge < -0.3 is 4.84 Å². The van der Waals surface area contributed by atoms with Crippen LogP contribution < -0.4 is 0 Å². The SMILES string of the molecule is C=C(CC)C(=O)ON(C)C(=O)C(F)(F)C(F)(F)C(F)(F)C(F)(F)C(F)(F)C(F)(F)C(F)(F)F. The summed E-state index contributed by atoms with van der Waals surface area (Å²) >= 11 is 0. The van der Waals surface area contributed by atoms with Crippen molar-refractivity contribution in [1.82, 2.24) is 5.06 Å².